The van der Waals surface area contributed by atoms with Crippen molar-refractivity contribution in [3.8, 4) is 0 Å². The summed E-state index contributed by atoms with van der Waals surface area (Å²) in [7, 11) is 0. The summed E-state index contributed by atoms with van der Waals surface area (Å²) < 4.78 is 1.79. The molecule has 1 aliphatic heterocycles. The molecule has 0 aromatic carbocycles. The Morgan fingerprint density at radius 3 is 2.56 bits per heavy atom. The average molecular weight is 347 g/mol. The van der Waals surface area contributed by atoms with E-state index < -0.39 is 0 Å². The molecule has 3 rings (SSSR count). The van der Waals surface area contributed by atoms with E-state index in [-0.39, 0.29) is 17.7 Å². The van der Waals surface area contributed by atoms with Crippen LogP contribution in [-0.4, -0.2) is 52.2 Å². The van der Waals surface area contributed by atoms with Crippen LogP contribution < -0.4 is 10.6 Å². The molecule has 0 bridgehead atoms. The smallest absolute Gasteiger partial charge is 0.234 e. The molecule has 2 N–H and O–H groups in total. The zero-order valence-electron chi connectivity index (χ0n) is 15.0. The van der Waals surface area contributed by atoms with Gasteiger partial charge in [-0.2, -0.15) is 5.10 Å². The van der Waals surface area contributed by atoms with Crippen molar-refractivity contribution in [2.75, 3.05) is 25.0 Å². The van der Waals surface area contributed by atoms with Gasteiger partial charge < -0.3 is 10.6 Å². The van der Waals surface area contributed by atoms with Crippen LogP contribution in [0.5, 0.6) is 0 Å². The molecule has 2 fully saturated rings. The molecule has 2 amide bonds. The summed E-state index contributed by atoms with van der Waals surface area (Å²) in [6.45, 7) is 4.84. The van der Waals surface area contributed by atoms with Gasteiger partial charge in [0.1, 0.15) is 0 Å². The maximum atomic E-state index is 12.4. The summed E-state index contributed by atoms with van der Waals surface area (Å²) in [6.07, 6.45) is 9.80. The highest BCUT2D eigenvalue weighted by Crippen LogP contribution is 2.20. The lowest BCUT2D eigenvalue weighted by molar-refractivity contribution is -0.124. The van der Waals surface area contributed by atoms with Crippen LogP contribution in [0, 0.1) is 5.92 Å². The van der Waals surface area contributed by atoms with Gasteiger partial charge in [0, 0.05) is 24.7 Å². The Balaban J connectivity index is 1.38. The van der Waals surface area contributed by atoms with Gasteiger partial charge in [0.2, 0.25) is 11.8 Å². The third-order valence-corrected chi connectivity index (χ3v) is 5.27. The van der Waals surface area contributed by atoms with E-state index in [9.17, 15) is 9.59 Å². The molecule has 1 aliphatic carbocycles. The number of likely N-dealkylation sites (tertiary alicyclic amines) is 1. The van der Waals surface area contributed by atoms with Crippen LogP contribution in [0.2, 0.25) is 0 Å². The topological polar surface area (TPSA) is 79.3 Å². The molecular weight excluding hydrogens is 318 g/mol. The number of carbonyl (C=O) groups excluding carboxylic acids is 2. The number of hydrogen-bond acceptors (Lipinski definition) is 4. The number of aromatic nitrogens is 2. The molecule has 7 heteroatoms. The molecule has 25 heavy (non-hydrogen) atoms. The number of piperidine rings is 1. The predicted octanol–water partition coefficient (Wildman–Crippen LogP) is 1.61. The molecule has 7 nitrogen and oxygen atoms in total. The molecule has 1 saturated carbocycles. The second kappa shape index (κ2) is 8.47. The molecule has 1 aromatic heterocycles. The predicted molar refractivity (Wildman–Crippen MR) is 96.1 cm³/mol. The molecule has 2 heterocycles. The number of aryl methyl sites for hydroxylation is 1. The van der Waals surface area contributed by atoms with Gasteiger partial charge in [-0.1, -0.05) is 12.8 Å². The number of rotatable bonds is 6. The molecule has 0 radical (unpaired) electrons. The number of amides is 2. The van der Waals surface area contributed by atoms with Crippen molar-refractivity contribution >= 4 is 17.5 Å². The second-order valence-electron chi connectivity index (χ2n) is 7.17. The lowest BCUT2D eigenvalue weighted by Gasteiger charge is -2.31. The van der Waals surface area contributed by atoms with Gasteiger partial charge in [0.05, 0.1) is 18.4 Å². The molecule has 138 valence electrons. The first-order valence-corrected chi connectivity index (χ1v) is 9.49. The van der Waals surface area contributed by atoms with Gasteiger partial charge in [0.25, 0.3) is 0 Å². The lowest BCUT2D eigenvalue weighted by atomic mass is 9.96. The van der Waals surface area contributed by atoms with Gasteiger partial charge in [-0.3, -0.25) is 19.2 Å². The standard InChI is InChI=1S/C18H29N5O2/c1-2-23-12-16(11-19-23)21-18(25)14-7-9-22(10-8-14)13-17(24)20-15-5-3-4-6-15/h11-12,14-15H,2-10,13H2,1H3,(H,20,24)(H,21,25). The highest BCUT2D eigenvalue weighted by Gasteiger charge is 2.27. The van der Waals surface area contributed by atoms with E-state index >= 15 is 0 Å². The summed E-state index contributed by atoms with van der Waals surface area (Å²) in [5, 5.41) is 10.3. The highest BCUT2D eigenvalue weighted by atomic mass is 16.2. The van der Waals surface area contributed by atoms with E-state index in [0.717, 1.165) is 51.0 Å². The fourth-order valence-electron chi connectivity index (χ4n) is 3.75. The van der Waals surface area contributed by atoms with E-state index in [4.69, 9.17) is 0 Å². The Hall–Kier alpha value is -1.89. The van der Waals surface area contributed by atoms with Gasteiger partial charge in [-0.05, 0) is 45.7 Å². The van der Waals surface area contributed by atoms with E-state index in [2.05, 4.69) is 20.6 Å². The maximum Gasteiger partial charge on any atom is 0.234 e. The molecule has 1 saturated heterocycles. The van der Waals surface area contributed by atoms with Crippen molar-refractivity contribution in [3.63, 3.8) is 0 Å². The normalized spacial score (nSPS) is 19.9. The fourth-order valence-corrected chi connectivity index (χ4v) is 3.75. The molecule has 0 unspecified atom stereocenters. The fraction of sp³-hybridized carbons (Fsp3) is 0.722. The Bertz CT molecular complexity index is 586. The Labute approximate surface area is 149 Å². The maximum absolute atomic E-state index is 12.4. The molecular formula is C18H29N5O2. The van der Waals surface area contributed by atoms with Crippen LogP contribution >= 0.6 is 0 Å². The number of carbonyl (C=O) groups is 2. The van der Waals surface area contributed by atoms with Gasteiger partial charge >= 0.3 is 0 Å². The zero-order valence-corrected chi connectivity index (χ0v) is 15.0. The van der Waals surface area contributed by atoms with Crippen molar-refractivity contribution in [2.45, 2.75) is 58.0 Å². The summed E-state index contributed by atoms with van der Waals surface area (Å²) in [5.74, 6) is 0.201. The van der Waals surface area contributed by atoms with Crippen LogP contribution in [0.1, 0.15) is 45.4 Å². The van der Waals surface area contributed by atoms with E-state index in [1.54, 1.807) is 10.9 Å². The summed E-state index contributed by atoms with van der Waals surface area (Å²) in [4.78, 5) is 26.6. The second-order valence-corrected chi connectivity index (χ2v) is 7.17. The minimum absolute atomic E-state index is 0.0131. The van der Waals surface area contributed by atoms with Crippen LogP contribution in [0.25, 0.3) is 0 Å². The molecule has 0 atom stereocenters. The minimum atomic E-state index is 0.0131. The van der Waals surface area contributed by atoms with Crippen molar-refractivity contribution < 1.29 is 9.59 Å². The Kier molecular flexibility index (Phi) is 6.07. The quantitative estimate of drug-likeness (QED) is 0.819. The SMILES string of the molecule is CCn1cc(NC(=O)C2CCN(CC(=O)NC3CCCC3)CC2)cn1. The Morgan fingerprint density at radius 2 is 1.92 bits per heavy atom. The van der Waals surface area contributed by atoms with Crippen LogP contribution in [0.3, 0.4) is 0 Å². The van der Waals surface area contributed by atoms with Crippen molar-refractivity contribution in [3.05, 3.63) is 12.4 Å². The minimum Gasteiger partial charge on any atom is -0.352 e. The third-order valence-electron chi connectivity index (χ3n) is 5.27. The van der Waals surface area contributed by atoms with E-state index in [0.29, 0.717) is 12.6 Å². The van der Waals surface area contributed by atoms with Gasteiger partial charge in [0.15, 0.2) is 0 Å². The number of nitrogens with one attached hydrogen (secondary N) is 2. The molecule has 1 aromatic rings. The lowest BCUT2D eigenvalue weighted by Crippen LogP contribution is -2.45. The Morgan fingerprint density at radius 1 is 1.20 bits per heavy atom. The number of anilines is 1. The van der Waals surface area contributed by atoms with Crippen LogP contribution in [0.15, 0.2) is 12.4 Å². The summed E-state index contributed by atoms with van der Waals surface area (Å²) in [5.41, 5.74) is 0.755. The number of nitrogens with zero attached hydrogens (tertiary/aromatic N) is 3. The first-order chi connectivity index (χ1) is 12.1. The van der Waals surface area contributed by atoms with E-state index in [1.807, 2.05) is 13.1 Å². The highest BCUT2D eigenvalue weighted by molar-refractivity contribution is 5.92. The van der Waals surface area contributed by atoms with E-state index in [1.165, 1.54) is 12.8 Å². The summed E-state index contributed by atoms with van der Waals surface area (Å²) >= 11 is 0. The molecule has 0 spiro atoms. The van der Waals surface area contributed by atoms with Crippen LogP contribution in [-0.2, 0) is 16.1 Å². The van der Waals surface area contributed by atoms with Gasteiger partial charge in [-0.25, -0.2) is 0 Å². The van der Waals surface area contributed by atoms with Crippen LogP contribution in [0.4, 0.5) is 5.69 Å². The van der Waals surface area contributed by atoms with Gasteiger partial charge in [-0.15, -0.1) is 0 Å². The number of hydrogen-bond donors (Lipinski definition) is 2. The first kappa shape index (κ1) is 17.9. The average Bonchev–Trinajstić information content (AvgIpc) is 3.27. The van der Waals surface area contributed by atoms with Crippen molar-refractivity contribution in [2.24, 2.45) is 5.92 Å². The monoisotopic (exact) mass is 347 g/mol. The zero-order chi connectivity index (χ0) is 17.6. The third kappa shape index (κ3) is 5.04. The molecule has 2 aliphatic rings. The largest absolute Gasteiger partial charge is 0.352 e. The van der Waals surface area contributed by atoms with Crippen molar-refractivity contribution in [1.29, 1.82) is 0 Å². The first-order valence-electron chi connectivity index (χ1n) is 9.49. The van der Waals surface area contributed by atoms with Crippen molar-refractivity contribution in [1.82, 2.24) is 20.0 Å². The summed E-state index contributed by atoms with van der Waals surface area (Å²) in [6, 6.07) is 0.375.